The third-order valence-corrected chi connectivity index (χ3v) is 4.65. The summed E-state index contributed by atoms with van der Waals surface area (Å²) in [6, 6.07) is 0. The number of hydrogen-bond acceptors (Lipinski definition) is 4. The zero-order valence-electron chi connectivity index (χ0n) is 10.6. The number of amides is 1. The zero-order chi connectivity index (χ0) is 13.1. The minimum atomic E-state index is 0.0326. The Morgan fingerprint density at radius 2 is 2.44 bits per heavy atom. The largest absolute Gasteiger partial charge is 0.381 e. The second-order valence-electron chi connectivity index (χ2n) is 4.42. The average molecular weight is 333 g/mol. The van der Waals surface area contributed by atoms with Gasteiger partial charge in [-0.15, -0.1) is 11.3 Å². The molecule has 1 aromatic heterocycles. The van der Waals surface area contributed by atoms with Crippen LogP contribution in [0.4, 0.5) is 0 Å². The van der Waals surface area contributed by atoms with Gasteiger partial charge in [0.2, 0.25) is 0 Å². The zero-order valence-corrected chi connectivity index (χ0v) is 13.0. The molecule has 2 heterocycles. The molecule has 100 valence electrons. The summed E-state index contributed by atoms with van der Waals surface area (Å²) < 4.78 is 6.25. The summed E-state index contributed by atoms with van der Waals surface area (Å²) >= 11 is 4.91. The van der Waals surface area contributed by atoms with Crippen LogP contribution in [0, 0.1) is 12.8 Å². The van der Waals surface area contributed by atoms with Crippen molar-refractivity contribution in [2.45, 2.75) is 20.3 Å². The Kier molecular flexibility index (Phi) is 4.75. The van der Waals surface area contributed by atoms with Crippen molar-refractivity contribution in [2.75, 3.05) is 26.3 Å². The molecule has 1 fully saturated rings. The van der Waals surface area contributed by atoms with Gasteiger partial charge in [-0.3, -0.25) is 4.79 Å². The van der Waals surface area contributed by atoms with Crippen LogP contribution in [-0.2, 0) is 4.74 Å². The molecule has 0 aromatic carbocycles. The fourth-order valence-electron chi connectivity index (χ4n) is 2.12. The van der Waals surface area contributed by atoms with Crippen molar-refractivity contribution < 1.29 is 9.53 Å². The Morgan fingerprint density at radius 1 is 1.67 bits per heavy atom. The highest BCUT2D eigenvalue weighted by molar-refractivity contribution is 9.11. The second kappa shape index (κ2) is 6.12. The lowest BCUT2D eigenvalue weighted by molar-refractivity contribution is 0.0757. The Labute approximate surface area is 119 Å². The minimum absolute atomic E-state index is 0.0326. The van der Waals surface area contributed by atoms with E-state index in [1.807, 2.05) is 18.7 Å². The minimum Gasteiger partial charge on any atom is -0.381 e. The van der Waals surface area contributed by atoms with Crippen molar-refractivity contribution in [3.05, 3.63) is 14.5 Å². The summed E-state index contributed by atoms with van der Waals surface area (Å²) in [7, 11) is 0. The molecule has 1 aliphatic rings. The summed E-state index contributed by atoms with van der Waals surface area (Å²) in [5, 5.41) is 0.912. The van der Waals surface area contributed by atoms with Gasteiger partial charge in [0, 0.05) is 25.6 Å². The lowest BCUT2D eigenvalue weighted by Gasteiger charge is -2.15. The van der Waals surface area contributed by atoms with E-state index in [2.05, 4.69) is 20.9 Å². The van der Waals surface area contributed by atoms with Crippen LogP contribution in [0.25, 0.3) is 0 Å². The average Bonchev–Trinajstić information content (AvgIpc) is 2.92. The SMILES string of the molecule is CCOC[C@H]1CCN(C(=O)c2nc(C)sc2Br)C1. The molecule has 1 aliphatic heterocycles. The molecule has 0 aliphatic carbocycles. The highest BCUT2D eigenvalue weighted by Crippen LogP contribution is 2.27. The van der Waals surface area contributed by atoms with Gasteiger partial charge in [0.05, 0.1) is 11.6 Å². The fourth-order valence-corrected chi connectivity index (χ4v) is 3.71. The molecule has 0 spiro atoms. The Morgan fingerprint density at radius 3 is 3.06 bits per heavy atom. The molecule has 0 saturated carbocycles. The van der Waals surface area contributed by atoms with Crippen LogP contribution in [0.15, 0.2) is 3.79 Å². The van der Waals surface area contributed by atoms with E-state index in [1.54, 1.807) is 0 Å². The lowest BCUT2D eigenvalue weighted by atomic mass is 10.1. The van der Waals surface area contributed by atoms with Gasteiger partial charge in [-0.05, 0) is 36.2 Å². The molecular formula is C12H17BrN2O2S. The smallest absolute Gasteiger partial charge is 0.274 e. The number of aryl methyl sites for hydroxylation is 1. The first-order valence-electron chi connectivity index (χ1n) is 6.11. The normalized spacial score (nSPS) is 19.5. The van der Waals surface area contributed by atoms with E-state index in [4.69, 9.17) is 4.74 Å². The molecule has 1 saturated heterocycles. The molecule has 0 bridgehead atoms. The summed E-state index contributed by atoms with van der Waals surface area (Å²) in [5.41, 5.74) is 0.551. The van der Waals surface area contributed by atoms with Crippen molar-refractivity contribution in [1.82, 2.24) is 9.88 Å². The number of carbonyl (C=O) groups excluding carboxylic acids is 1. The standard InChI is InChI=1S/C12H17BrN2O2S/c1-3-17-7-9-4-5-15(6-9)12(16)10-11(13)18-8(2)14-10/h9H,3-7H2,1-2H3/t9-/m0/s1. The predicted molar refractivity (Wildman–Crippen MR) is 75.1 cm³/mol. The van der Waals surface area contributed by atoms with Crippen LogP contribution >= 0.6 is 27.3 Å². The Balaban J connectivity index is 1.97. The highest BCUT2D eigenvalue weighted by atomic mass is 79.9. The topological polar surface area (TPSA) is 42.4 Å². The summed E-state index contributed by atoms with van der Waals surface area (Å²) in [6.45, 7) is 6.97. The lowest BCUT2D eigenvalue weighted by Crippen LogP contribution is -2.29. The molecule has 0 unspecified atom stereocenters. The molecule has 6 heteroatoms. The molecule has 0 radical (unpaired) electrons. The number of halogens is 1. The van der Waals surface area contributed by atoms with Crippen LogP contribution in [0.5, 0.6) is 0 Å². The maximum Gasteiger partial charge on any atom is 0.274 e. The second-order valence-corrected chi connectivity index (χ2v) is 6.94. The quantitative estimate of drug-likeness (QED) is 0.851. The number of thiazole rings is 1. The van der Waals surface area contributed by atoms with Crippen molar-refractivity contribution in [3.8, 4) is 0 Å². The van der Waals surface area contributed by atoms with Crippen LogP contribution in [0.3, 0.4) is 0 Å². The monoisotopic (exact) mass is 332 g/mol. The third-order valence-electron chi connectivity index (χ3n) is 3.03. The van der Waals surface area contributed by atoms with Gasteiger partial charge in [0.1, 0.15) is 3.79 Å². The summed E-state index contributed by atoms with van der Waals surface area (Å²) in [5.74, 6) is 0.498. The number of aromatic nitrogens is 1. The van der Waals surface area contributed by atoms with Crippen molar-refractivity contribution in [2.24, 2.45) is 5.92 Å². The first kappa shape index (κ1) is 14.0. The van der Waals surface area contributed by atoms with Crippen molar-refractivity contribution >= 4 is 33.2 Å². The molecule has 2 rings (SSSR count). The van der Waals surface area contributed by atoms with Gasteiger partial charge in [-0.2, -0.15) is 0 Å². The molecule has 18 heavy (non-hydrogen) atoms. The number of ether oxygens (including phenoxy) is 1. The van der Waals surface area contributed by atoms with Gasteiger partial charge < -0.3 is 9.64 Å². The molecular weight excluding hydrogens is 316 g/mol. The molecule has 1 atom stereocenters. The number of carbonyl (C=O) groups is 1. The van der Waals surface area contributed by atoms with Crippen LogP contribution in [0.2, 0.25) is 0 Å². The number of hydrogen-bond donors (Lipinski definition) is 0. The summed E-state index contributed by atoms with van der Waals surface area (Å²) in [6.07, 6.45) is 1.02. The van der Waals surface area contributed by atoms with E-state index in [0.717, 1.165) is 41.5 Å². The fraction of sp³-hybridized carbons (Fsp3) is 0.667. The first-order valence-corrected chi connectivity index (χ1v) is 7.72. The number of nitrogens with zero attached hydrogens (tertiary/aromatic N) is 2. The third kappa shape index (κ3) is 3.10. The van der Waals surface area contributed by atoms with Gasteiger partial charge >= 0.3 is 0 Å². The van der Waals surface area contributed by atoms with Crippen LogP contribution < -0.4 is 0 Å². The maximum atomic E-state index is 12.3. The Bertz CT molecular complexity index is 436. The molecule has 4 nitrogen and oxygen atoms in total. The maximum absolute atomic E-state index is 12.3. The highest BCUT2D eigenvalue weighted by Gasteiger charge is 2.29. The van der Waals surface area contributed by atoms with Crippen molar-refractivity contribution in [3.63, 3.8) is 0 Å². The van der Waals surface area contributed by atoms with Gasteiger partial charge in [-0.1, -0.05) is 0 Å². The van der Waals surface area contributed by atoms with Crippen LogP contribution in [0.1, 0.15) is 28.8 Å². The van der Waals surface area contributed by atoms with E-state index >= 15 is 0 Å². The van der Waals surface area contributed by atoms with E-state index < -0.39 is 0 Å². The van der Waals surface area contributed by atoms with E-state index in [1.165, 1.54) is 11.3 Å². The van der Waals surface area contributed by atoms with Crippen molar-refractivity contribution in [1.29, 1.82) is 0 Å². The molecule has 1 amide bonds. The Hall–Kier alpha value is -0.460. The van der Waals surface area contributed by atoms with Crippen LogP contribution in [-0.4, -0.2) is 42.1 Å². The molecule has 1 aromatic rings. The van der Waals surface area contributed by atoms with Gasteiger partial charge in [0.25, 0.3) is 5.91 Å². The number of likely N-dealkylation sites (tertiary alicyclic amines) is 1. The predicted octanol–water partition coefficient (Wildman–Crippen LogP) is 2.71. The van der Waals surface area contributed by atoms with E-state index in [0.29, 0.717) is 11.6 Å². The first-order chi connectivity index (χ1) is 8.61. The van der Waals surface area contributed by atoms with Gasteiger partial charge in [-0.25, -0.2) is 4.98 Å². The van der Waals surface area contributed by atoms with Gasteiger partial charge in [0.15, 0.2) is 5.69 Å². The summed E-state index contributed by atoms with van der Waals surface area (Å²) in [4.78, 5) is 18.5. The van der Waals surface area contributed by atoms with E-state index in [9.17, 15) is 4.79 Å². The van der Waals surface area contributed by atoms with E-state index in [-0.39, 0.29) is 5.91 Å². The molecule has 0 N–H and O–H groups in total. The number of rotatable bonds is 4.